The zero-order chi connectivity index (χ0) is 14.1. The number of nitrogens with zero attached hydrogens (tertiary/aromatic N) is 1. The first kappa shape index (κ1) is 14.8. The van der Waals surface area contributed by atoms with E-state index in [1.54, 1.807) is 6.92 Å². The van der Waals surface area contributed by atoms with Gasteiger partial charge in [0.1, 0.15) is 6.54 Å². The van der Waals surface area contributed by atoms with E-state index in [2.05, 4.69) is 33.0 Å². The highest BCUT2D eigenvalue weighted by Gasteiger charge is 2.64. The summed E-state index contributed by atoms with van der Waals surface area (Å²) in [5.41, 5.74) is 0.453. The molecule has 1 fully saturated rings. The first-order chi connectivity index (χ1) is 8.14. The molecule has 2 amide bonds. The smallest absolute Gasteiger partial charge is 0.323 e. The third-order valence-corrected chi connectivity index (χ3v) is 4.77. The summed E-state index contributed by atoms with van der Waals surface area (Å²) in [6, 6.07) is -0.293. The predicted molar refractivity (Wildman–Crippen MR) is 69.3 cm³/mol. The average Bonchev–Trinajstić information content (AvgIpc) is 2.62. The van der Waals surface area contributed by atoms with Gasteiger partial charge in [-0.05, 0) is 23.7 Å². The van der Waals surface area contributed by atoms with Gasteiger partial charge in [0.25, 0.3) is 0 Å². The number of hydrogen-bond acceptors (Lipinski definition) is 2. The van der Waals surface area contributed by atoms with E-state index in [0.29, 0.717) is 19.0 Å². The Balaban J connectivity index is 2.45. The van der Waals surface area contributed by atoms with Crippen molar-refractivity contribution in [3.63, 3.8) is 0 Å². The highest BCUT2D eigenvalue weighted by Crippen LogP contribution is 2.67. The molecule has 5 nitrogen and oxygen atoms in total. The van der Waals surface area contributed by atoms with E-state index in [1.807, 2.05) is 0 Å². The van der Waals surface area contributed by atoms with Crippen molar-refractivity contribution in [3.05, 3.63) is 0 Å². The normalized spacial score (nSPS) is 20.3. The molecule has 0 unspecified atom stereocenters. The van der Waals surface area contributed by atoms with Crippen LogP contribution in [-0.2, 0) is 4.79 Å². The van der Waals surface area contributed by atoms with Crippen molar-refractivity contribution in [1.29, 1.82) is 0 Å². The maximum Gasteiger partial charge on any atom is 0.323 e. The van der Waals surface area contributed by atoms with Crippen molar-refractivity contribution >= 4 is 12.0 Å². The summed E-state index contributed by atoms with van der Waals surface area (Å²) in [4.78, 5) is 23.7. The first-order valence-electron chi connectivity index (χ1n) is 6.39. The van der Waals surface area contributed by atoms with Crippen LogP contribution in [0.2, 0.25) is 0 Å². The molecule has 0 aromatic rings. The van der Waals surface area contributed by atoms with Crippen LogP contribution in [0.4, 0.5) is 4.79 Å². The van der Waals surface area contributed by atoms with Gasteiger partial charge in [-0.15, -0.1) is 0 Å². The minimum absolute atomic E-state index is 0.226. The monoisotopic (exact) mass is 256 g/mol. The van der Waals surface area contributed by atoms with Crippen molar-refractivity contribution in [2.24, 2.45) is 16.7 Å². The molecule has 104 valence electrons. The fourth-order valence-electron chi connectivity index (χ4n) is 2.64. The zero-order valence-electron chi connectivity index (χ0n) is 11.9. The van der Waals surface area contributed by atoms with E-state index in [4.69, 9.17) is 5.11 Å². The lowest BCUT2D eigenvalue weighted by atomic mass is 10.0. The summed E-state index contributed by atoms with van der Waals surface area (Å²) in [6.45, 7) is 11.3. The molecule has 0 heterocycles. The second kappa shape index (κ2) is 4.78. The summed E-state index contributed by atoms with van der Waals surface area (Å²) in [5.74, 6) is -0.545. The number of carbonyl (C=O) groups excluding carboxylic acids is 1. The minimum atomic E-state index is -0.987. The molecule has 0 spiro atoms. The Morgan fingerprint density at radius 2 is 1.72 bits per heavy atom. The van der Waals surface area contributed by atoms with Gasteiger partial charge >= 0.3 is 12.0 Å². The third kappa shape index (κ3) is 2.60. The topological polar surface area (TPSA) is 69.6 Å². The highest BCUT2D eigenvalue weighted by molar-refractivity contribution is 5.80. The van der Waals surface area contributed by atoms with Gasteiger partial charge in [0.2, 0.25) is 0 Å². The molecule has 0 aromatic carbocycles. The maximum absolute atomic E-state index is 11.8. The molecule has 0 saturated heterocycles. The quantitative estimate of drug-likeness (QED) is 0.787. The van der Waals surface area contributed by atoms with Crippen LogP contribution < -0.4 is 5.32 Å². The number of carboxylic acids is 1. The van der Waals surface area contributed by atoms with Gasteiger partial charge in [-0.3, -0.25) is 4.79 Å². The molecule has 0 aromatic heterocycles. The number of likely N-dealkylation sites (N-methyl/N-ethyl adjacent to an activating group) is 1. The SMILES string of the molecule is CCN(CC(=O)O)C(=O)NCC1C(C)(C)C1(C)C. The van der Waals surface area contributed by atoms with Crippen molar-refractivity contribution in [3.8, 4) is 0 Å². The second-order valence-corrected chi connectivity index (χ2v) is 6.09. The largest absolute Gasteiger partial charge is 0.480 e. The predicted octanol–water partition coefficient (Wildman–Crippen LogP) is 1.78. The number of carbonyl (C=O) groups is 2. The summed E-state index contributed by atoms with van der Waals surface area (Å²) < 4.78 is 0. The number of nitrogens with one attached hydrogen (secondary N) is 1. The highest BCUT2D eigenvalue weighted by atomic mass is 16.4. The summed E-state index contributed by atoms with van der Waals surface area (Å²) in [6.07, 6.45) is 0. The van der Waals surface area contributed by atoms with Crippen LogP contribution in [0.3, 0.4) is 0 Å². The number of hydrogen-bond donors (Lipinski definition) is 2. The minimum Gasteiger partial charge on any atom is -0.480 e. The Morgan fingerprint density at radius 1 is 1.22 bits per heavy atom. The fraction of sp³-hybridized carbons (Fsp3) is 0.846. The van der Waals surface area contributed by atoms with E-state index in [-0.39, 0.29) is 23.4 Å². The molecular formula is C13H24N2O3. The van der Waals surface area contributed by atoms with Crippen LogP contribution in [0.25, 0.3) is 0 Å². The van der Waals surface area contributed by atoms with Crippen LogP contribution in [0.1, 0.15) is 34.6 Å². The summed E-state index contributed by atoms with van der Waals surface area (Å²) in [7, 11) is 0. The molecule has 18 heavy (non-hydrogen) atoms. The van der Waals surface area contributed by atoms with Gasteiger partial charge in [-0.25, -0.2) is 4.79 Å². The molecule has 0 bridgehead atoms. The van der Waals surface area contributed by atoms with Crippen LogP contribution >= 0.6 is 0 Å². The van der Waals surface area contributed by atoms with Gasteiger partial charge in [-0.1, -0.05) is 27.7 Å². The number of amides is 2. The number of aliphatic carboxylic acids is 1. The molecule has 1 rings (SSSR count). The molecule has 1 saturated carbocycles. The van der Waals surface area contributed by atoms with Crippen LogP contribution in [0.5, 0.6) is 0 Å². The first-order valence-corrected chi connectivity index (χ1v) is 6.39. The third-order valence-electron chi connectivity index (χ3n) is 4.77. The van der Waals surface area contributed by atoms with Crippen molar-refractivity contribution in [1.82, 2.24) is 10.2 Å². The lowest BCUT2D eigenvalue weighted by Gasteiger charge is -2.19. The molecule has 0 atom stereocenters. The summed E-state index contributed by atoms with van der Waals surface area (Å²) in [5, 5.41) is 11.5. The van der Waals surface area contributed by atoms with E-state index >= 15 is 0 Å². The van der Waals surface area contributed by atoms with Gasteiger partial charge in [0, 0.05) is 13.1 Å². The van der Waals surface area contributed by atoms with Crippen molar-refractivity contribution in [2.75, 3.05) is 19.6 Å². The standard InChI is InChI=1S/C13H24N2O3/c1-6-15(8-10(16)17)11(18)14-7-9-12(2,3)13(9,4)5/h9H,6-8H2,1-5H3,(H,14,18)(H,16,17). The molecule has 1 aliphatic carbocycles. The van der Waals surface area contributed by atoms with Crippen molar-refractivity contribution < 1.29 is 14.7 Å². The summed E-state index contributed by atoms with van der Waals surface area (Å²) >= 11 is 0. The molecule has 2 N–H and O–H groups in total. The van der Waals surface area contributed by atoms with Crippen LogP contribution in [0.15, 0.2) is 0 Å². The Bertz CT molecular complexity index is 336. The Morgan fingerprint density at radius 3 is 2.06 bits per heavy atom. The van der Waals surface area contributed by atoms with Crippen LogP contribution in [0, 0.1) is 16.7 Å². The molecule has 5 heteroatoms. The van der Waals surface area contributed by atoms with Gasteiger partial charge in [0.05, 0.1) is 0 Å². The average molecular weight is 256 g/mol. The lowest BCUT2D eigenvalue weighted by molar-refractivity contribution is -0.137. The van der Waals surface area contributed by atoms with Gasteiger partial charge in [-0.2, -0.15) is 0 Å². The van der Waals surface area contributed by atoms with E-state index in [1.165, 1.54) is 4.90 Å². The molecule has 1 aliphatic rings. The zero-order valence-corrected chi connectivity index (χ0v) is 11.9. The van der Waals surface area contributed by atoms with E-state index in [0.717, 1.165) is 0 Å². The Hall–Kier alpha value is -1.26. The molecular weight excluding hydrogens is 232 g/mol. The maximum atomic E-state index is 11.8. The molecule has 0 aliphatic heterocycles. The van der Waals surface area contributed by atoms with Crippen molar-refractivity contribution in [2.45, 2.75) is 34.6 Å². The number of carboxylic acid groups (broad SMARTS) is 1. The van der Waals surface area contributed by atoms with Gasteiger partial charge in [0.15, 0.2) is 0 Å². The van der Waals surface area contributed by atoms with E-state index in [9.17, 15) is 9.59 Å². The van der Waals surface area contributed by atoms with Gasteiger partial charge < -0.3 is 15.3 Å². The fourth-order valence-corrected chi connectivity index (χ4v) is 2.64. The molecule has 0 radical (unpaired) electrons. The number of urea groups is 1. The van der Waals surface area contributed by atoms with E-state index < -0.39 is 5.97 Å². The second-order valence-electron chi connectivity index (χ2n) is 6.09. The van der Waals surface area contributed by atoms with Crippen LogP contribution in [-0.4, -0.2) is 41.6 Å². The Labute approximate surface area is 109 Å². The Kier molecular flexibility index (Phi) is 3.93. The number of rotatable bonds is 5. The lowest BCUT2D eigenvalue weighted by Crippen LogP contribution is -2.43.